The Hall–Kier alpha value is -2.83. The zero-order valence-corrected chi connectivity index (χ0v) is 10.9. The van der Waals surface area contributed by atoms with E-state index in [0.29, 0.717) is 28.7 Å². The first kappa shape index (κ1) is 12.0. The molecule has 0 spiro atoms. The molecule has 2 aliphatic heterocycles. The van der Waals surface area contributed by atoms with Crippen LogP contribution in [0.1, 0.15) is 23.3 Å². The van der Waals surface area contributed by atoms with E-state index in [9.17, 15) is 14.4 Å². The van der Waals surface area contributed by atoms with Crippen molar-refractivity contribution in [1.82, 2.24) is 15.3 Å². The van der Waals surface area contributed by atoms with E-state index >= 15 is 0 Å². The third-order valence-electron chi connectivity index (χ3n) is 3.84. The van der Waals surface area contributed by atoms with Gasteiger partial charge < -0.3 is 0 Å². The van der Waals surface area contributed by atoms with E-state index in [0.717, 1.165) is 0 Å². The number of hydrogen-bond donors (Lipinski definition) is 1. The Morgan fingerprint density at radius 1 is 1.19 bits per heavy atom. The molecule has 0 radical (unpaired) electrons. The van der Waals surface area contributed by atoms with Gasteiger partial charge >= 0.3 is 0 Å². The molecule has 3 heterocycles. The van der Waals surface area contributed by atoms with E-state index in [1.54, 1.807) is 18.2 Å². The molecule has 0 bridgehead atoms. The number of benzene rings is 1. The number of anilines is 1. The van der Waals surface area contributed by atoms with Crippen LogP contribution in [-0.2, 0) is 9.59 Å². The first-order valence-corrected chi connectivity index (χ1v) is 6.58. The Bertz CT molecular complexity index is 812. The number of rotatable bonds is 1. The van der Waals surface area contributed by atoms with Crippen LogP contribution >= 0.6 is 0 Å². The molecule has 21 heavy (non-hydrogen) atoms. The van der Waals surface area contributed by atoms with Crippen LogP contribution in [0.15, 0.2) is 24.5 Å². The quantitative estimate of drug-likeness (QED) is 0.764. The Morgan fingerprint density at radius 3 is 2.86 bits per heavy atom. The van der Waals surface area contributed by atoms with Crippen molar-refractivity contribution in [2.45, 2.75) is 18.9 Å². The molecule has 0 aliphatic carbocycles. The number of aromatic nitrogens is 2. The van der Waals surface area contributed by atoms with Crippen molar-refractivity contribution >= 4 is 34.3 Å². The van der Waals surface area contributed by atoms with Gasteiger partial charge in [0.2, 0.25) is 11.8 Å². The molecule has 1 N–H and O–H groups in total. The van der Waals surface area contributed by atoms with Crippen LogP contribution in [0, 0.1) is 0 Å². The van der Waals surface area contributed by atoms with Gasteiger partial charge in [0, 0.05) is 6.42 Å². The highest BCUT2D eigenvalue weighted by Gasteiger charge is 2.41. The fraction of sp³-hybridized carbons (Fsp3) is 0.214. The lowest BCUT2D eigenvalue weighted by atomic mass is 10.0. The first-order valence-electron chi connectivity index (χ1n) is 6.58. The smallest absolute Gasteiger partial charge is 0.278 e. The number of nitrogens with one attached hydrogen (secondary N) is 1. The summed E-state index contributed by atoms with van der Waals surface area (Å²) in [4.78, 5) is 45.5. The number of imide groups is 1. The normalized spacial score (nSPS) is 21.0. The van der Waals surface area contributed by atoms with Gasteiger partial charge in [-0.15, -0.1) is 0 Å². The van der Waals surface area contributed by atoms with E-state index in [4.69, 9.17) is 0 Å². The molecule has 1 unspecified atom stereocenters. The van der Waals surface area contributed by atoms with Gasteiger partial charge in [-0.25, -0.2) is 9.97 Å². The predicted molar refractivity (Wildman–Crippen MR) is 72.5 cm³/mol. The molecule has 2 aromatic rings. The summed E-state index contributed by atoms with van der Waals surface area (Å²) in [5.74, 6) is -1.08. The van der Waals surface area contributed by atoms with Crippen molar-refractivity contribution in [3.63, 3.8) is 0 Å². The van der Waals surface area contributed by atoms with Crippen LogP contribution < -0.4 is 10.2 Å². The molecule has 4 rings (SSSR count). The van der Waals surface area contributed by atoms with Crippen molar-refractivity contribution in [2.24, 2.45) is 0 Å². The molecule has 1 saturated heterocycles. The Kier molecular flexibility index (Phi) is 2.32. The summed E-state index contributed by atoms with van der Waals surface area (Å²) in [5, 5.41) is 2.94. The highest BCUT2D eigenvalue weighted by atomic mass is 16.2. The van der Waals surface area contributed by atoms with E-state index < -0.39 is 11.9 Å². The molecule has 1 fully saturated rings. The third-order valence-corrected chi connectivity index (χ3v) is 3.84. The Labute approximate surface area is 119 Å². The van der Waals surface area contributed by atoms with Gasteiger partial charge in [0.05, 0.1) is 16.6 Å². The van der Waals surface area contributed by atoms with Crippen LogP contribution in [-0.4, -0.2) is 33.7 Å². The summed E-state index contributed by atoms with van der Waals surface area (Å²) < 4.78 is 0. The van der Waals surface area contributed by atoms with Gasteiger partial charge in [-0.05, 0) is 18.6 Å². The minimum atomic E-state index is -0.685. The van der Waals surface area contributed by atoms with Crippen molar-refractivity contribution in [3.8, 4) is 0 Å². The number of carbonyl (C=O) groups is 3. The van der Waals surface area contributed by atoms with Crippen molar-refractivity contribution in [1.29, 1.82) is 0 Å². The lowest BCUT2D eigenvalue weighted by Crippen LogP contribution is -2.53. The lowest BCUT2D eigenvalue weighted by Gasteiger charge is -2.29. The van der Waals surface area contributed by atoms with E-state index in [1.165, 1.54) is 11.2 Å². The van der Waals surface area contributed by atoms with Crippen molar-refractivity contribution in [3.05, 3.63) is 30.2 Å². The molecule has 104 valence electrons. The maximum absolute atomic E-state index is 12.6. The van der Waals surface area contributed by atoms with Crippen LogP contribution in [0.3, 0.4) is 0 Å². The predicted octanol–water partition coefficient (Wildman–Crippen LogP) is 0.395. The number of piperidine rings is 1. The number of hydrogen-bond acceptors (Lipinski definition) is 5. The molecule has 1 atom stereocenters. The minimum absolute atomic E-state index is 0.220. The molecular weight excluding hydrogens is 272 g/mol. The monoisotopic (exact) mass is 282 g/mol. The second kappa shape index (κ2) is 4.08. The van der Waals surface area contributed by atoms with Gasteiger partial charge in [0.25, 0.3) is 5.91 Å². The van der Waals surface area contributed by atoms with Gasteiger partial charge in [-0.3, -0.25) is 24.6 Å². The second-order valence-corrected chi connectivity index (χ2v) is 5.04. The van der Waals surface area contributed by atoms with Gasteiger partial charge in [-0.1, -0.05) is 6.07 Å². The Balaban J connectivity index is 1.86. The fourth-order valence-corrected chi connectivity index (χ4v) is 2.92. The summed E-state index contributed by atoms with van der Waals surface area (Å²) >= 11 is 0. The van der Waals surface area contributed by atoms with Crippen LogP contribution in [0.25, 0.3) is 10.9 Å². The topological polar surface area (TPSA) is 92.3 Å². The van der Waals surface area contributed by atoms with Crippen LogP contribution in [0.5, 0.6) is 0 Å². The third kappa shape index (κ3) is 1.57. The molecule has 7 heteroatoms. The highest BCUT2D eigenvalue weighted by molar-refractivity contribution is 6.25. The van der Waals surface area contributed by atoms with Gasteiger partial charge in [0.1, 0.15) is 18.1 Å². The lowest BCUT2D eigenvalue weighted by molar-refractivity contribution is -0.134. The highest BCUT2D eigenvalue weighted by Crippen LogP contribution is 2.37. The summed E-state index contributed by atoms with van der Waals surface area (Å²) in [5.41, 5.74) is 1.60. The molecular formula is C14H10N4O3. The summed E-state index contributed by atoms with van der Waals surface area (Å²) in [6, 6.07) is 4.66. The number of carbonyl (C=O) groups excluding carboxylic acids is 3. The van der Waals surface area contributed by atoms with Crippen LogP contribution in [0.2, 0.25) is 0 Å². The van der Waals surface area contributed by atoms with E-state index in [-0.39, 0.29) is 18.2 Å². The van der Waals surface area contributed by atoms with Gasteiger partial charge in [0.15, 0.2) is 0 Å². The summed E-state index contributed by atoms with van der Waals surface area (Å²) in [6.45, 7) is 0. The largest absolute Gasteiger partial charge is 0.295 e. The molecule has 1 aromatic heterocycles. The first-order chi connectivity index (χ1) is 10.2. The molecule has 2 aliphatic rings. The number of amides is 3. The van der Waals surface area contributed by atoms with Crippen LogP contribution in [0.4, 0.5) is 5.69 Å². The molecule has 3 amide bonds. The van der Waals surface area contributed by atoms with E-state index in [2.05, 4.69) is 15.3 Å². The molecule has 7 nitrogen and oxygen atoms in total. The summed E-state index contributed by atoms with van der Waals surface area (Å²) in [6.07, 6.45) is 1.87. The number of nitrogens with zero attached hydrogens (tertiary/aromatic N) is 3. The maximum atomic E-state index is 12.6. The average molecular weight is 282 g/mol. The maximum Gasteiger partial charge on any atom is 0.278 e. The SMILES string of the molecule is O=C1CCC(N2C(=O)c3ncnc4cccc2c34)C(=O)N1. The summed E-state index contributed by atoms with van der Waals surface area (Å²) in [7, 11) is 0. The average Bonchev–Trinajstić information content (AvgIpc) is 2.75. The van der Waals surface area contributed by atoms with Crippen molar-refractivity contribution in [2.75, 3.05) is 4.90 Å². The standard InChI is InChI=1S/C14H10N4O3/c19-10-5-4-9(13(20)17-10)18-8-3-1-2-7-11(8)12(14(18)21)16-6-15-7/h1-3,6,9H,4-5H2,(H,17,19,20). The Morgan fingerprint density at radius 2 is 2.05 bits per heavy atom. The second-order valence-electron chi connectivity index (χ2n) is 5.04. The molecule has 1 aromatic carbocycles. The zero-order chi connectivity index (χ0) is 14.6. The van der Waals surface area contributed by atoms with E-state index in [1.807, 2.05) is 0 Å². The van der Waals surface area contributed by atoms with Crippen molar-refractivity contribution < 1.29 is 14.4 Å². The zero-order valence-electron chi connectivity index (χ0n) is 10.9. The minimum Gasteiger partial charge on any atom is -0.295 e. The van der Waals surface area contributed by atoms with Gasteiger partial charge in [-0.2, -0.15) is 0 Å². The fourth-order valence-electron chi connectivity index (χ4n) is 2.92. The molecule has 0 saturated carbocycles.